The van der Waals surface area contributed by atoms with Crippen molar-refractivity contribution in [2.45, 2.75) is 12.8 Å². The van der Waals surface area contributed by atoms with Gasteiger partial charge in [0.05, 0.1) is 17.7 Å². The molecule has 0 unspecified atom stereocenters. The molecule has 1 fully saturated rings. The molecule has 1 aliphatic heterocycles. The summed E-state index contributed by atoms with van der Waals surface area (Å²) in [5.74, 6) is 0.667. The van der Waals surface area contributed by atoms with Crippen LogP contribution in [0.4, 0.5) is 5.69 Å². The van der Waals surface area contributed by atoms with E-state index in [4.69, 9.17) is 4.74 Å². The van der Waals surface area contributed by atoms with Gasteiger partial charge in [0.15, 0.2) is 5.17 Å². The van der Waals surface area contributed by atoms with Gasteiger partial charge in [0.1, 0.15) is 5.75 Å². The highest BCUT2D eigenvalue weighted by Crippen LogP contribution is 2.35. The zero-order valence-electron chi connectivity index (χ0n) is 15.4. The SMILES string of the molecule is COc1ccc(N=C2NC(=O)/C(=C/c3ccc4c5c(cccc35)CC4)S2)cc1. The van der Waals surface area contributed by atoms with Crippen LogP contribution in [0.3, 0.4) is 0 Å². The van der Waals surface area contributed by atoms with Crippen LogP contribution >= 0.6 is 11.8 Å². The Balaban J connectivity index is 1.47. The molecule has 1 heterocycles. The van der Waals surface area contributed by atoms with Crippen LogP contribution in [0.2, 0.25) is 0 Å². The third kappa shape index (κ3) is 2.98. The summed E-state index contributed by atoms with van der Waals surface area (Å²) in [5, 5.41) is 6.02. The highest BCUT2D eigenvalue weighted by molar-refractivity contribution is 8.18. The molecule has 1 N–H and O–H groups in total. The predicted molar refractivity (Wildman–Crippen MR) is 115 cm³/mol. The van der Waals surface area contributed by atoms with Gasteiger partial charge in [-0.2, -0.15) is 0 Å². The number of aliphatic imine (C=N–C) groups is 1. The summed E-state index contributed by atoms with van der Waals surface area (Å²) in [6, 6.07) is 18.2. The van der Waals surface area contributed by atoms with Crippen LogP contribution in [0.1, 0.15) is 16.7 Å². The molecule has 0 radical (unpaired) electrons. The minimum absolute atomic E-state index is 0.111. The number of nitrogens with zero attached hydrogens (tertiary/aromatic N) is 1. The van der Waals surface area contributed by atoms with Crippen LogP contribution in [0.5, 0.6) is 5.75 Å². The van der Waals surface area contributed by atoms with E-state index in [0.717, 1.165) is 29.8 Å². The van der Waals surface area contributed by atoms with Crippen molar-refractivity contribution in [3.8, 4) is 5.75 Å². The maximum atomic E-state index is 12.5. The van der Waals surface area contributed by atoms with Gasteiger partial charge in [0.2, 0.25) is 0 Å². The Bertz CT molecular complexity index is 1150. The molecule has 5 heteroatoms. The number of hydrogen-bond donors (Lipinski definition) is 1. The van der Waals surface area contributed by atoms with Gasteiger partial charge in [-0.05, 0) is 82.4 Å². The number of methoxy groups -OCH3 is 1. The first kappa shape index (κ1) is 17.1. The fraction of sp³-hybridized carbons (Fsp3) is 0.130. The maximum Gasteiger partial charge on any atom is 0.264 e. The molecule has 1 aliphatic carbocycles. The van der Waals surface area contributed by atoms with Gasteiger partial charge >= 0.3 is 0 Å². The Morgan fingerprint density at radius 2 is 1.82 bits per heavy atom. The number of amides is 1. The molecule has 0 atom stereocenters. The van der Waals surface area contributed by atoms with Crippen LogP contribution in [-0.2, 0) is 17.6 Å². The molecule has 3 aromatic rings. The van der Waals surface area contributed by atoms with E-state index < -0.39 is 0 Å². The maximum absolute atomic E-state index is 12.5. The fourth-order valence-electron chi connectivity index (χ4n) is 3.79. The molecule has 0 aromatic heterocycles. The van der Waals surface area contributed by atoms with Gasteiger partial charge in [-0.3, -0.25) is 4.79 Å². The Kier molecular flexibility index (Phi) is 4.17. The Morgan fingerprint density at radius 1 is 1.04 bits per heavy atom. The lowest BCUT2D eigenvalue weighted by molar-refractivity contribution is -0.115. The lowest BCUT2D eigenvalue weighted by atomic mass is 9.99. The summed E-state index contributed by atoms with van der Waals surface area (Å²) in [4.78, 5) is 17.6. The van der Waals surface area contributed by atoms with Crippen LogP contribution < -0.4 is 10.1 Å². The van der Waals surface area contributed by atoms with Crippen molar-refractivity contribution in [3.63, 3.8) is 0 Å². The summed E-state index contributed by atoms with van der Waals surface area (Å²) < 4.78 is 5.16. The van der Waals surface area contributed by atoms with Crippen molar-refractivity contribution in [2.24, 2.45) is 4.99 Å². The van der Waals surface area contributed by atoms with Crippen LogP contribution in [0, 0.1) is 0 Å². The van der Waals surface area contributed by atoms with Crippen molar-refractivity contribution >= 4 is 45.4 Å². The summed E-state index contributed by atoms with van der Waals surface area (Å²) in [6.07, 6.45) is 4.17. The van der Waals surface area contributed by atoms with E-state index >= 15 is 0 Å². The van der Waals surface area contributed by atoms with E-state index in [-0.39, 0.29) is 5.91 Å². The van der Waals surface area contributed by atoms with E-state index in [0.29, 0.717) is 10.1 Å². The van der Waals surface area contributed by atoms with Gasteiger partial charge < -0.3 is 10.1 Å². The van der Waals surface area contributed by atoms with Crippen molar-refractivity contribution in [2.75, 3.05) is 7.11 Å². The normalized spacial score (nSPS) is 18.2. The van der Waals surface area contributed by atoms with Gasteiger partial charge in [-0.25, -0.2) is 4.99 Å². The molecular formula is C23H18N2O2S. The number of aryl methyl sites for hydroxylation is 2. The summed E-state index contributed by atoms with van der Waals surface area (Å²) >= 11 is 1.37. The van der Waals surface area contributed by atoms with Crippen LogP contribution in [-0.4, -0.2) is 18.2 Å². The molecule has 5 rings (SSSR count). The summed E-state index contributed by atoms with van der Waals surface area (Å²) in [7, 11) is 1.63. The predicted octanol–water partition coefficient (Wildman–Crippen LogP) is 4.84. The summed E-state index contributed by atoms with van der Waals surface area (Å²) in [6.45, 7) is 0. The number of carbonyl (C=O) groups is 1. The topological polar surface area (TPSA) is 50.7 Å². The molecule has 0 saturated carbocycles. The molecule has 1 saturated heterocycles. The highest BCUT2D eigenvalue weighted by Gasteiger charge is 2.24. The first-order valence-electron chi connectivity index (χ1n) is 9.18. The number of benzene rings is 3. The van der Waals surface area contributed by atoms with E-state index in [1.165, 1.54) is 33.7 Å². The van der Waals surface area contributed by atoms with Gasteiger partial charge in [-0.1, -0.05) is 30.3 Å². The van der Waals surface area contributed by atoms with Gasteiger partial charge in [-0.15, -0.1) is 0 Å². The number of carbonyl (C=O) groups excluding carboxylic acids is 1. The molecule has 28 heavy (non-hydrogen) atoms. The van der Waals surface area contributed by atoms with Crippen LogP contribution in [0.25, 0.3) is 16.8 Å². The number of rotatable bonds is 3. The standard InChI is InChI=1S/C23H18N2O2S/c1-27-18-11-9-17(10-12-18)24-23-25-22(26)20(28-23)13-16-8-7-15-6-5-14-3-2-4-19(16)21(14)15/h2-4,7-13H,5-6H2,1H3,(H,24,25,26)/b20-13-. The van der Waals surface area contributed by atoms with Crippen molar-refractivity contribution in [3.05, 3.63) is 76.2 Å². The third-order valence-electron chi connectivity index (χ3n) is 5.15. The fourth-order valence-corrected chi connectivity index (χ4v) is 4.62. The highest BCUT2D eigenvalue weighted by atomic mass is 32.2. The second kappa shape index (κ2) is 6.84. The summed E-state index contributed by atoms with van der Waals surface area (Å²) in [5.41, 5.74) is 4.65. The number of ether oxygens (including phenoxy) is 1. The molecule has 4 nitrogen and oxygen atoms in total. The Labute approximate surface area is 167 Å². The number of thioether (sulfide) groups is 1. The molecule has 3 aromatic carbocycles. The number of amidine groups is 1. The van der Waals surface area contributed by atoms with Crippen LogP contribution in [0.15, 0.2) is 64.5 Å². The smallest absolute Gasteiger partial charge is 0.264 e. The van der Waals surface area contributed by atoms with Crippen molar-refractivity contribution in [1.29, 1.82) is 0 Å². The largest absolute Gasteiger partial charge is 0.497 e. The minimum atomic E-state index is -0.111. The quantitative estimate of drug-likeness (QED) is 0.656. The van der Waals surface area contributed by atoms with Gasteiger partial charge in [0, 0.05) is 0 Å². The van der Waals surface area contributed by atoms with E-state index in [1.807, 2.05) is 30.3 Å². The number of nitrogens with one attached hydrogen (secondary N) is 1. The minimum Gasteiger partial charge on any atom is -0.497 e. The Hall–Kier alpha value is -3.05. The van der Waals surface area contributed by atoms with E-state index in [2.05, 4.69) is 40.6 Å². The zero-order chi connectivity index (χ0) is 19.1. The average Bonchev–Trinajstić information content (AvgIpc) is 3.29. The molecule has 138 valence electrons. The monoisotopic (exact) mass is 386 g/mol. The number of hydrogen-bond acceptors (Lipinski definition) is 4. The van der Waals surface area contributed by atoms with Crippen molar-refractivity contribution < 1.29 is 9.53 Å². The molecule has 0 spiro atoms. The third-order valence-corrected chi connectivity index (χ3v) is 6.06. The lowest BCUT2D eigenvalue weighted by Crippen LogP contribution is -2.19. The van der Waals surface area contributed by atoms with E-state index in [9.17, 15) is 4.79 Å². The molecule has 1 amide bonds. The zero-order valence-corrected chi connectivity index (χ0v) is 16.2. The first-order valence-corrected chi connectivity index (χ1v) is 10.00. The second-order valence-corrected chi connectivity index (χ2v) is 7.86. The molecule has 0 bridgehead atoms. The first-order chi connectivity index (χ1) is 13.7. The lowest BCUT2D eigenvalue weighted by Gasteiger charge is -2.06. The average molecular weight is 386 g/mol. The Morgan fingerprint density at radius 3 is 2.61 bits per heavy atom. The van der Waals surface area contributed by atoms with Gasteiger partial charge in [0.25, 0.3) is 5.91 Å². The van der Waals surface area contributed by atoms with E-state index in [1.54, 1.807) is 7.11 Å². The second-order valence-electron chi connectivity index (χ2n) is 6.83. The molecular weight excluding hydrogens is 368 g/mol. The molecule has 2 aliphatic rings. The van der Waals surface area contributed by atoms with Crippen molar-refractivity contribution in [1.82, 2.24) is 5.32 Å².